The zero-order valence-electron chi connectivity index (χ0n) is 9.18. The second-order valence-electron chi connectivity index (χ2n) is 3.48. The lowest BCUT2D eigenvalue weighted by atomic mass is 10.2. The normalized spacial score (nSPS) is 11.1. The predicted molar refractivity (Wildman–Crippen MR) is 65.6 cm³/mol. The van der Waals surface area contributed by atoms with Crippen LogP contribution in [0.25, 0.3) is 6.08 Å². The molecular formula is C12H12N2OS. The van der Waals surface area contributed by atoms with E-state index in [9.17, 15) is 4.79 Å². The van der Waals surface area contributed by atoms with E-state index in [1.165, 1.54) is 11.3 Å². The third-order valence-corrected chi connectivity index (χ3v) is 3.34. The van der Waals surface area contributed by atoms with E-state index in [2.05, 4.69) is 5.10 Å². The molecule has 2 aromatic heterocycles. The number of aromatic nitrogens is 2. The number of ketones is 1. The molecule has 0 saturated heterocycles. The lowest BCUT2D eigenvalue weighted by Crippen LogP contribution is -1.92. The standard InChI is InChI=1S/C12H12N2OS/c1-9-10(8-13-14(9)2)5-6-11(15)12-4-3-7-16-12/h3-8H,1-2H3/b6-5+. The van der Waals surface area contributed by atoms with E-state index < -0.39 is 0 Å². The lowest BCUT2D eigenvalue weighted by molar-refractivity contribution is 0.105. The van der Waals surface area contributed by atoms with Gasteiger partial charge in [0.05, 0.1) is 11.1 Å². The number of aryl methyl sites for hydroxylation is 1. The summed E-state index contributed by atoms with van der Waals surface area (Å²) >= 11 is 1.45. The van der Waals surface area contributed by atoms with Crippen molar-refractivity contribution in [1.82, 2.24) is 9.78 Å². The van der Waals surface area contributed by atoms with Crippen LogP contribution in [0.2, 0.25) is 0 Å². The Morgan fingerprint density at radius 1 is 1.56 bits per heavy atom. The summed E-state index contributed by atoms with van der Waals surface area (Å²) in [7, 11) is 1.88. The van der Waals surface area contributed by atoms with Gasteiger partial charge in [-0.15, -0.1) is 11.3 Å². The van der Waals surface area contributed by atoms with Crippen molar-refractivity contribution in [1.29, 1.82) is 0 Å². The first kappa shape index (κ1) is 10.8. The van der Waals surface area contributed by atoms with Gasteiger partial charge in [0.25, 0.3) is 0 Å². The fraction of sp³-hybridized carbons (Fsp3) is 0.167. The van der Waals surface area contributed by atoms with Crippen LogP contribution in [-0.2, 0) is 7.05 Å². The van der Waals surface area contributed by atoms with Crippen LogP contribution in [0.1, 0.15) is 20.9 Å². The van der Waals surface area contributed by atoms with E-state index in [0.29, 0.717) is 0 Å². The number of carbonyl (C=O) groups is 1. The number of hydrogen-bond donors (Lipinski definition) is 0. The molecule has 0 N–H and O–H groups in total. The molecule has 82 valence electrons. The van der Waals surface area contributed by atoms with Crippen LogP contribution in [0.15, 0.2) is 29.8 Å². The Kier molecular flexibility index (Phi) is 3.01. The van der Waals surface area contributed by atoms with Crippen molar-refractivity contribution in [2.45, 2.75) is 6.92 Å². The first-order chi connectivity index (χ1) is 7.68. The molecular weight excluding hydrogens is 220 g/mol. The van der Waals surface area contributed by atoms with Crippen molar-refractivity contribution in [2.24, 2.45) is 7.05 Å². The highest BCUT2D eigenvalue weighted by Gasteiger charge is 2.03. The van der Waals surface area contributed by atoms with Gasteiger partial charge >= 0.3 is 0 Å². The number of allylic oxidation sites excluding steroid dienone is 1. The van der Waals surface area contributed by atoms with Gasteiger partial charge in [0, 0.05) is 18.3 Å². The summed E-state index contributed by atoms with van der Waals surface area (Å²) in [5.74, 6) is 0.0400. The van der Waals surface area contributed by atoms with Gasteiger partial charge in [-0.2, -0.15) is 5.10 Å². The summed E-state index contributed by atoms with van der Waals surface area (Å²) in [5, 5.41) is 6.01. The van der Waals surface area contributed by atoms with Crippen molar-refractivity contribution < 1.29 is 4.79 Å². The van der Waals surface area contributed by atoms with Crippen molar-refractivity contribution >= 4 is 23.2 Å². The van der Waals surface area contributed by atoms with Crippen LogP contribution < -0.4 is 0 Å². The SMILES string of the molecule is Cc1c(/C=C/C(=O)c2cccs2)cnn1C. The van der Waals surface area contributed by atoms with E-state index in [-0.39, 0.29) is 5.78 Å². The third kappa shape index (κ3) is 2.12. The molecule has 0 spiro atoms. The van der Waals surface area contributed by atoms with Crippen LogP contribution in [0.4, 0.5) is 0 Å². The number of carbonyl (C=O) groups excluding carboxylic acids is 1. The maximum absolute atomic E-state index is 11.7. The van der Waals surface area contributed by atoms with Crippen molar-refractivity contribution in [3.8, 4) is 0 Å². The van der Waals surface area contributed by atoms with Gasteiger partial charge < -0.3 is 0 Å². The van der Waals surface area contributed by atoms with E-state index >= 15 is 0 Å². The highest BCUT2D eigenvalue weighted by Crippen LogP contribution is 2.12. The fourth-order valence-corrected chi connectivity index (χ4v) is 1.99. The molecule has 0 unspecified atom stereocenters. The molecule has 0 aliphatic rings. The lowest BCUT2D eigenvalue weighted by Gasteiger charge is -1.93. The minimum Gasteiger partial charge on any atom is -0.288 e. The molecule has 0 atom stereocenters. The molecule has 2 heterocycles. The number of rotatable bonds is 3. The minimum absolute atomic E-state index is 0.0400. The molecule has 0 fully saturated rings. The Bertz CT molecular complexity index is 523. The van der Waals surface area contributed by atoms with Gasteiger partial charge in [0.2, 0.25) is 0 Å². The Hall–Kier alpha value is -1.68. The van der Waals surface area contributed by atoms with E-state index in [1.54, 1.807) is 17.0 Å². The van der Waals surface area contributed by atoms with Crippen LogP contribution in [-0.4, -0.2) is 15.6 Å². The Morgan fingerprint density at radius 2 is 2.38 bits per heavy atom. The van der Waals surface area contributed by atoms with E-state index in [4.69, 9.17) is 0 Å². The van der Waals surface area contributed by atoms with Gasteiger partial charge in [-0.05, 0) is 30.5 Å². The predicted octanol–water partition coefficient (Wildman–Crippen LogP) is 2.69. The topological polar surface area (TPSA) is 34.9 Å². The average molecular weight is 232 g/mol. The summed E-state index contributed by atoms with van der Waals surface area (Å²) in [4.78, 5) is 12.5. The quantitative estimate of drug-likeness (QED) is 0.602. The van der Waals surface area contributed by atoms with Crippen LogP contribution in [0, 0.1) is 6.92 Å². The molecule has 0 saturated carbocycles. The zero-order valence-corrected chi connectivity index (χ0v) is 9.99. The summed E-state index contributed by atoms with van der Waals surface area (Å²) in [6.07, 6.45) is 5.16. The Balaban J connectivity index is 2.16. The molecule has 0 radical (unpaired) electrons. The van der Waals surface area contributed by atoms with Crippen LogP contribution in [0.3, 0.4) is 0 Å². The summed E-state index contributed by atoms with van der Waals surface area (Å²) in [6.45, 7) is 1.97. The Labute approximate surface area is 98.0 Å². The molecule has 16 heavy (non-hydrogen) atoms. The van der Waals surface area contributed by atoms with Gasteiger partial charge in [0.15, 0.2) is 5.78 Å². The van der Waals surface area contributed by atoms with Crippen molar-refractivity contribution in [3.63, 3.8) is 0 Å². The van der Waals surface area contributed by atoms with Crippen molar-refractivity contribution in [3.05, 3.63) is 45.9 Å². The van der Waals surface area contributed by atoms with Gasteiger partial charge in [-0.3, -0.25) is 9.48 Å². The number of nitrogens with zero attached hydrogens (tertiary/aromatic N) is 2. The molecule has 0 aliphatic heterocycles. The Morgan fingerprint density at radius 3 is 2.94 bits per heavy atom. The minimum atomic E-state index is 0.0400. The maximum atomic E-state index is 11.7. The molecule has 0 aromatic carbocycles. The first-order valence-corrected chi connectivity index (χ1v) is 5.81. The van der Waals surface area contributed by atoms with Crippen molar-refractivity contribution in [2.75, 3.05) is 0 Å². The largest absolute Gasteiger partial charge is 0.288 e. The second-order valence-corrected chi connectivity index (χ2v) is 4.43. The summed E-state index contributed by atoms with van der Waals surface area (Å²) in [6, 6.07) is 3.70. The highest BCUT2D eigenvalue weighted by molar-refractivity contribution is 7.12. The maximum Gasteiger partial charge on any atom is 0.195 e. The van der Waals surface area contributed by atoms with E-state index in [0.717, 1.165) is 16.1 Å². The highest BCUT2D eigenvalue weighted by atomic mass is 32.1. The molecule has 0 amide bonds. The van der Waals surface area contributed by atoms with Gasteiger partial charge in [-0.1, -0.05) is 6.07 Å². The molecule has 2 aromatic rings. The number of thiophene rings is 1. The molecule has 0 aliphatic carbocycles. The molecule has 2 rings (SSSR count). The van der Waals surface area contributed by atoms with Gasteiger partial charge in [0.1, 0.15) is 0 Å². The molecule has 4 heteroatoms. The summed E-state index contributed by atoms with van der Waals surface area (Å²) < 4.78 is 1.79. The molecule has 3 nitrogen and oxygen atoms in total. The number of hydrogen-bond acceptors (Lipinski definition) is 3. The van der Waals surface area contributed by atoms with Crippen LogP contribution in [0.5, 0.6) is 0 Å². The zero-order chi connectivity index (χ0) is 11.5. The third-order valence-electron chi connectivity index (χ3n) is 2.45. The fourth-order valence-electron chi connectivity index (χ4n) is 1.35. The second kappa shape index (κ2) is 4.45. The monoisotopic (exact) mass is 232 g/mol. The van der Waals surface area contributed by atoms with Gasteiger partial charge in [-0.25, -0.2) is 0 Å². The smallest absolute Gasteiger partial charge is 0.195 e. The molecule has 0 bridgehead atoms. The average Bonchev–Trinajstić information content (AvgIpc) is 2.89. The van der Waals surface area contributed by atoms with Crippen LogP contribution >= 0.6 is 11.3 Å². The first-order valence-electron chi connectivity index (χ1n) is 4.93. The summed E-state index contributed by atoms with van der Waals surface area (Å²) in [5.41, 5.74) is 2.03. The van der Waals surface area contributed by atoms with E-state index in [1.807, 2.05) is 37.6 Å².